The maximum absolute atomic E-state index is 12.1. The molecular formula is C18H28N2O3. The van der Waals surface area contributed by atoms with Gasteiger partial charge in [-0.25, -0.2) is 0 Å². The third-order valence-electron chi connectivity index (χ3n) is 4.39. The smallest absolute Gasteiger partial charge is 0.224 e. The van der Waals surface area contributed by atoms with Crippen molar-refractivity contribution in [1.82, 2.24) is 0 Å². The third-order valence-corrected chi connectivity index (χ3v) is 4.39. The first-order valence-electron chi connectivity index (χ1n) is 8.48. The average molecular weight is 320 g/mol. The van der Waals surface area contributed by atoms with Crippen LogP contribution in [0.3, 0.4) is 0 Å². The Labute approximate surface area is 138 Å². The van der Waals surface area contributed by atoms with Crippen molar-refractivity contribution in [3.05, 3.63) is 24.3 Å². The quantitative estimate of drug-likeness (QED) is 0.723. The second kappa shape index (κ2) is 9.53. The van der Waals surface area contributed by atoms with Gasteiger partial charge in [0.1, 0.15) is 0 Å². The predicted molar refractivity (Wildman–Crippen MR) is 92.8 cm³/mol. The highest BCUT2D eigenvalue weighted by molar-refractivity contribution is 5.94. The van der Waals surface area contributed by atoms with Crippen LogP contribution in [0.1, 0.15) is 32.1 Å². The molecule has 1 fully saturated rings. The third kappa shape index (κ3) is 5.52. The van der Waals surface area contributed by atoms with E-state index < -0.39 is 0 Å². The van der Waals surface area contributed by atoms with Crippen LogP contribution < -0.4 is 10.2 Å². The fourth-order valence-electron chi connectivity index (χ4n) is 2.96. The standard InChI is InChI=1S/C18H28N2O3/c1-23-13-5-4-8-18(22)19-16-6-2-3-7-17(16)20-11-9-15(14-21)10-12-20/h2-3,6-7,15,21H,4-5,8-14H2,1H3,(H,19,22). The SMILES string of the molecule is COCCCCC(=O)Nc1ccccc1N1CCC(CO)CC1. The molecule has 0 unspecified atom stereocenters. The molecule has 128 valence electrons. The van der Waals surface area contributed by atoms with Crippen molar-refractivity contribution in [2.24, 2.45) is 5.92 Å². The van der Waals surface area contributed by atoms with Crippen LogP contribution in [-0.2, 0) is 9.53 Å². The van der Waals surface area contributed by atoms with Gasteiger partial charge in [0.15, 0.2) is 0 Å². The Kier molecular flexibility index (Phi) is 7.36. The summed E-state index contributed by atoms with van der Waals surface area (Å²) in [6.07, 6.45) is 4.25. The van der Waals surface area contributed by atoms with Gasteiger partial charge in [0.2, 0.25) is 5.91 Å². The number of anilines is 2. The molecule has 1 aliphatic heterocycles. The van der Waals surface area contributed by atoms with Crippen LogP contribution in [0.5, 0.6) is 0 Å². The molecule has 0 spiro atoms. The highest BCUT2D eigenvalue weighted by Crippen LogP contribution is 2.29. The summed E-state index contributed by atoms with van der Waals surface area (Å²) in [6.45, 7) is 2.81. The maximum Gasteiger partial charge on any atom is 0.224 e. The Bertz CT molecular complexity index is 485. The van der Waals surface area contributed by atoms with Crippen LogP contribution in [0.2, 0.25) is 0 Å². The number of benzene rings is 1. The molecule has 0 radical (unpaired) electrons. The number of hydrogen-bond acceptors (Lipinski definition) is 4. The van der Waals surface area contributed by atoms with Gasteiger partial charge in [0, 0.05) is 39.8 Å². The Morgan fingerprint density at radius 2 is 2.04 bits per heavy atom. The molecule has 2 rings (SSSR count). The monoisotopic (exact) mass is 320 g/mol. The van der Waals surface area contributed by atoms with Gasteiger partial charge in [0.25, 0.3) is 0 Å². The molecule has 0 aromatic heterocycles. The van der Waals surface area contributed by atoms with E-state index in [4.69, 9.17) is 4.74 Å². The summed E-state index contributed by atoms with van der Waals surface area (Å²) >= 11 is 0. The number of para-hydroxylation sites is 2. The zero-order chi connectivity index (χ0) is 16.5. The van der Waals surface area contributed by atoms with E-state index in [1.165, 1.54) is 0 Å². The summed E-state index contributed by atoms with van der Waals surface area (Å²) in [4.78, 5) is 14.4. The summed E-state index contributed by atoms with van der Waals surface area (Å²) in [6, 6.07) is 7.96. The number of carbonyl (C=O) groups is 1. The van der Waals surface area contributed by atoms with Crippen LogP contribution in [0.25, 0.3) is 0 Å². The minimum atomic E-state index is 0.0544. The lowest BCUT2D eigenvalue weighted by molar-refractivity contribution is -0.116. The number of nitrogens with one attached hydrogen (secondary N) is 1. The zero-order valence-electron chi connectivity index (χ0n) is 14.0. The Balaban J connectivity index is 1.91. The number of aliphatic hydroxyl groups is 1. The maximum atomic E-state index is 12.1. The molecule has 0 saturated carbocycles. The topological polar surface area (TPSA) is 61.8 Å². The summed E-state index contributed by atoms with van der Waals surface area (Å²) < 4.78 is 5.00. The molecule has 23 heavy (non-hydrogen) atoms. The van der Waals surface area contributed by atoms with E-state index in [0.717, 1.165) is 50.1 Å². The molecular weight excluding hydrogens is 292 g/mol. The van der Waals surface area contributed by atoms with Crippen molar-refractivity contribution in [1.29, 1.82) is 0 Å². The normalized spacial score (nSPS) is 15.7. The number of nitrogens with zero attached hydrogens (tertiary/aromatic N) is 1. The number of unbranched alkanes of at least 4 members (excludes halogenated alkanes) is 1. The van der Waals surface area contributed by atoms with Crippen LogP contribution in [-0.4, -0.2) is 44.4 Å². The van der Waals surface area contributed by atoms with Crippen molar-refractivity contribution >= 4 is 17.3 Å². The molecule has 0 bridgehead atoms. The van der Waals surface area contributed by atoms with Crippen molar-refractivity contribution in [3.63, 3.8) is 0 Å². The summed E-state index contributed by atoms with van der Waals surface area (Å²) in [7, 11) is 1.68. The molecule has 1 amide bonds. The average Bonchev–Trinajstić information content (AvgIpc) is 2.59. The lowest BCUT2D eigenvalue weighted by atomic mass is 9.97. The number of ether oxygens (including phenoxy) is 1. The Hall–Kier alpha value is -1.59. The van der Waals surface area contributed by atoms with Gasteiger partial charge >= 0.3 is 0 Å². The van der Waals surface area contributed by atoms with E-state index in [1.54, 1.807) is 7.11 Å². The first-order chi connectivity index (χ1) is 11.2. The molecule has 0 aliphatic carbocycles. The minimum Gasteiger partial charge on any atom is -0.396 e. The Morgan fingerprint density at radius 1 is 1.30 bits per heavy atom. The molecule has 1 heterocycles. The van der Waals surface area contributed by atoms with Crippen molar-refractivity contribution in [2.75, 3.05) is 43.6 Å². The number of methoxy groups -OCH3 is 1. The predicted octanol–water partition coefficient (Wildman–Crippen LogP) is 2.65. The van der Waals surface area contributed by atoms with E-state index in [0.29, 0.717) is 18.9 Å². The fraction of sp³-hybridized carbons (Fsp3) is 0.611. The van der Waals surface area contributed by atoms with Gasteiger partial charge in [-0.3, -0.25) is 4.79 Å². The first-order valence-corrected chi connectivity index (χ1v) is 8.48. The van der Waals surface area contributed by atoms with E-state index >= 15 is 0 Å². The van der Waals surface area contributed by atoms with Crippen LogP contribution in [0.15, 0.2) is 24.3 Å². The van der Waals surface area contributed by atoms with Crippen LogP contribution in [0, 0.1) is 5.92 Å². The number of amides is 1. The second-order valence-electron chi connectivity index (χ2n) is 6.13. The largest absolute Gasteiger partial charge is 0.396 e. The van der Waals surface area contributed by atoms with Crippen LogP contribution in [0.4, 0.5) is 11.4 Å². The minimum absolute atomic E-state index is 0.0544. The van der Waals surface area contributed by atoms with E-state index in [2.05, 4.69) is 16.3 Å². The molecule has 0 atom stereocenters. The summed E-state index contributed by atoms with van der Waals surface area (Å²) in [5.41, 5.74) is 1.96. The molecule has 1 aliphatic rings. The van der Waals surface area contributed by atoms with E-state index in [-0.39, 0.29) is 12.5 Å². The van der Waals surface area contributed by atoms with E-state index in [1.807, 2.05) is 18.2 Å². The molecule has 1 saturated heterocycles. The number of rotatable bonds is 8. The summed E-state index contributed by atoms with van der Waals surface area (Å²) in [5, 5.41) is 12.3. The molecule has 2 N–H and O–H groups in total. The second-order valence-corrected chi connectivity index (χ2v) is 6.13. The zero-order valence-corrected chi connectivity index (χ0v) is 14.0. The van der Waals surface area contributed by atoms with Crippen molar-refractivity contribution in [3.8, 4) is 0 Å². The van der Waals surface area contributed by atoms with Gasteiger partial charge in [-0.1, -0.05) is 12.1 Å². The Morgan fingerprint density at radius 3 is 2.74 bits per heavy atom. The van der Waals surface area contributed by atoms with Gasteiger partial charge in [-0.2, -0.15) is 0 Å². The highest BCUT2D eigenvalue weighted by Gasteiger charge is 2.20. The summed E-state index contributed by atoms with van der Waals surface area (Å²) in [5.74, 6) is 0.465. The van der Waals surface area contributed by atoms with Gasteiger partial charge in [0.05, 0.1) is 11.4 Å². The van der Waals surface area contributed by atoms with Crippen LogP contribution >= 0.6 is 0 Å². The number of piperidine rings is 1. The van der Waals surface area contributed by atoms with E-state index in [9.17, 15) is 9.90 Å². The fourth-order valence-corrected chi connectivity index (χ4v) is 2.96. The molecule has 5 nitrogen and oxygen atoms in total. The van der Waals surface area contributed by atoms with Gasteiger partial charge in [-0.15, -0.1) is 0 Å². The number of hydrogen-bond donors (Lipinski definition) is 2. The lowest BCUT2D eigenvalue weighted by Crippen LogP contribution is -2.35. The number of aliphatic hydroxyl groups excluding tert-OH is 1. The molecule has 1 aromatic rings. The first kappa shape index (κ1) is 17.8. The molecule has 5 heteroatoms. The molecule has 1 aromatic carbocycles. The van der Waals surface area contributed by atoms with Gasteiger partial charge < -0.3 is 20.1 Å². The van der Waals surface area contributed by atoms with Gasteiger partial charge in [-0.05, 0) is 43.7 Å². The van der Waals surface area contributed by atoms with Crippen molar-refractivity contribution < 1.29 is 14.6 Å². The highest BCUT2D eigenvalue weighted by atomic mass is 16.5. The van der Waals surface area contributed by atoms with Crippen molar-refractivity contribution in [2.45, 2.75) is 32.1 Å². The number of carbonyl (C=O) groups excluding carboxylic acids is 1. The lowest BCUT2D eigenvalue weighted by Gasteiger charge is -2.34.